The van der Waals surface area contributed by atoms with Crippen LogP contribution < -0.4 is 10.6 Å². The first-order valence-corrected chi connectivity index (χ1v) is 7.55. The van der Waals surface area contributed by atoms with Crippen molar-refractivity contribution in [2.75, 3.05) is 4.90 Å². The molecule has 6 nitrogen and oxygen atoms in total. The normalized spacial score (nSPS) is 20.5. The summed E-state index contributed by atoms with van der Waals surface area (Å²) in [6.45, 7) is 3.27. The Morgan fingerprint density at radius 2 is 2.09 bits per heavy atom. The maximum absolute atomic E-state index is 12.7. The van der Waals surface area contributed by atoms with Gasteiger partial charge in [0, 0.05) is 12.5 Å². The van der Waals surface area contributed by atoms with Gasteiger partial charge in [0.05, 0.1) is 16.2 Å². The first-order chi connectivity index (χ1) is 10.5. The van der Waals surface area contributed by atoms with Crippen LogP contribution in [0.5, 0.6) is 0 Å². The quantitative estimate of drug-likeness (QED) is 0.792. The van der Waals surface area contributed by atoms with Crippen molar-refractivity contribution in [3.63, 3.8) is 0 Å². The second kappa shape index (κ2) is 5.10. The van der Waals surface area contributed by atoms with E-state index in [9.17, 15) is 14.4 Å². The van der Waals surface area contributed by atoms with Gasteiger partial charge in [-0.15, -0.1) is 0 Å². The molecule has 3 amide bonds. The number of nitrogens with two attached hydrogens (primary N) is 1. The third kappa shape index (κ3) is 1.97. The van der Waals surface area contributed by atoms with E-state index in [1.165, 1.54) is 6.92 Å². The zero-order valence-corrected chi connectivity index (χ0v) is 12.9. The highest BCUT2D eigenvalue weighted by Crippen LogP contribution is 2.44. The fourth-order valence-electron chi connectivity index (χ4n) is 2.67. The molecule has 1 aromatic carbocycles. The van der Waals surface area contributed by atoms with E-state index in [4.69, 9.17) is 5.73 Å². The molecule has 0 atom stereocenters. The maximum Gasteiger partial charge on any atom is 0.287 e. The van der Waals surface area contributed by atoms with E-state index in [0.717, 1.165) is 22.2 Å². The van der Waals surface area contributed by atoms with E-state index in [1.807, 2.05) is 19.1 Å². The van der Waals surface area contributed by atoms with Gasteiger partial charge >= 0.3 is 0 Å². The van der Waals surface area contributed by atoms with Crippen LogP contribution in [0, 0.1) is 0 Å². The molecule has 0 fully saturated rings. The van der Waals surface area contributed by atoms with Gasteiger partial charge in [0.15, 0.2) is 5.17 Å². The number of aryl methyl sites for hydroxylation is 1. The van der Waals surface area contributed by atoms with Gasteiger partial charge in [0.2, 0.25) is 5.91 Å². The summed E-state index contributed by atoms with van der Waals surface area (Å²) >= 11 is 0.964. The van der Waals surface area contributed by atoms with Crippen LogP contribution in [0.1, 0.15) is 25.0 Å². The van der Waals surface area contributed by atoms with Gasteiger partial charge in [-0.2, -0.15) is 4.99 Å². The van der Waals surface area contributed by atoms with Gasteiger partial charge in [-0.05, 0) is 23.7 Å². The fourth-order valence-corrected chi connectivity index (χ4v) is 3.44. The molecule has 22 heavy (non-hydrogen) atoms. The summed E-state index contributed by atoms with van der Waals surface area (Å²) in [4.78, 5) is 41.5. The first kappa shape index (κ1) is 14.5. The highest BCUT2D eigenvalue weighted by molar-refractivity contribution is 8.18. The number of hydrogen-bond donors (Lipinski definition) is 1. The second-order valence-corrected chi connectivity index (χ2v) is 5.92. The van der Waals surface area contributed by atoms with Crippen LogP contribution in [0.2, 0.25) is 0 Å². The van der Waals surface area contributed by atoms with Crippen molar-refractivity contribution in [3.05, 3.63) is 34.2 Å². The Hall–Kier alpha value is -2.41. The Morgan fingerprint density at radius 1 is 1.36 bits per heavy atom. The average molecular weight is 315 g/mol. The standard InChI is InChI=1S/C15H13N3O3S/c1-3-8-5-4-6-9-10(12-13(20)17-15(16)22-12)14(21)18(7(2)19)11(8)9/h4-6H,3H2,1-2H3,(H2,16,17,20)/b12-10-. The van der Waals surface area contributed by atoms with Crippen LogP contribution in [0.25, 0.3) is 5.57 Å². The first-order valence-electron chi connectivity index (χ1n) is 6.73. The number of carbonyl (C=O) groups excluding carboxylic acids is 3. The van der Waals surface area contributed by atoms with Crippen LogP contribution in [-0.4, -0.2) is 22.9 Å². The second-order valence-electron chi connectivity index (χ2n) is 4.89. The van der Waals surface area contributed by atoms with Crippen LogP contribution in [0.15, 0.2) is 28.1 Å². The van der Waals surface area contributed by atoms with Gasteiger partial charge in [0.1, 0.15) is 0 Å². The number of amidine groups is 1. The number of anilines is 1. The number of imide groups is 1. The highest BCUT2D eigenvalue weighted by atomic mass is 32.2. The minimum absolute atomic E-state index is 0.106. The fraction of sp³-hybridized carbons (Fsp3) is 0.200. The molecule has 2 heterocycles. The number of aliphatic imine (C=N–C) groups is 1. The minimum atomic E-state index is -0.538. The van der Waals surface area contributed by atoms with E-state index < -0.39 is 11.8 Å². The summed E-state index contributed by atoms with van der Waals surface area (Å²) < 4.78 is 0. The van der Waals surface area contributed by atoms with Gasteiger partial charge in [0.25, 0.3) is 11.8 Å². The summed E-state index contributed by atoms with van der Waals surface area (Å²) in [6, 6.07) is 5.41. The molecule has 0 spiro atoms. The highest BCUT2D eigenvalue weighted by Gasteiger charge is 2.41. The molecule has 0 aromatic heterocycles. The molecule has 0 aliphatic carbocycles. The van der Waals surface area contributed by atoms with Crippen molar-refractivity contribution in [1.29, 1.82) is 0 Å². The predicted octanol–water partition coefficient (Wildman–Crippen LogP) is 1.44. The molecule has 2 N–H and O–H groups in total. The third-order valence-electron chi connectivity index (χ3n) is 3.56. The predicted molar refractivity (Wildman–Crippen MR) is 85.1 cm³/mol. The molecule has 0 bridgehead atoms. The van der Waals surface area contributed by atoms with Crippen molar-refractivity contribution < 1.29 is 14.4 Å². The van der Waals surface area contributed by atoms with Gasteiger partial charge in [-0.1, -0.05) is 25.1 Å². The molecule has 0 radical (unpaired) electrons. The van der Waals surface area contributed by atoms with Crippen LogP contribution >= 0.6 is 11.8 Å². The van der Waals surface area contributed by atoms with Crippen LogP contribution in [0.3, 0.4) is 0 Å². The molecule has 0 unspecified atom stereocenters. The van der Waals surface area contributed by atoms with E-state index in [2.05, 4.69) is 4.99 Å². The number of para-hydroxylation sites is 1. The smallest absolute Gasteiger partial charge is 0.287 e. The number of fused-ring (bicyclic) bond motifs is 1. The van der Waals surface area contributed by atoms with Crippen molar-refractivity contribution in [3.8, 4) is 0 Å². The lowest BCUT2D eigenvalue weighted by molar-refractivity contribution is -0.122. The summed E-state index contributed by atoms with van der Waals surface area (Å²) in [5.41, 5.74) is 7.79. The van der Waals surface area contributed by atoms with Crippen LogP contribution in [-0.2, 0) is 20.8 Å². The maximum atomic E-state index is 12.7. The van der Waals surface area contributed by atoms with E-state index >= 15 is 0 Å². The summed E-state index contributed by atoms with van der Waals surface area (Å²) in [6.07, 6.45) is 0.669. The number of amides is 3. The topological polar surface area (TPSA) is 92.8 Å². The summed E-state index contributed by atoms with van der Waals surface area (Å²) in [5.74, 6) is -1.42. The number of thioether (sulfide) groups is 1. The lowest BCUT2D eigenvalue weighted by Crippen LogP contribution is -2.32. The van der Waals surface area contributed by atoms with E-state index in [-0.39, 0.29) is 21.6 Å². The number of nitrogens with zero attached hydrogens (tertiary/aromatic N) is 2. The molecular formula is C15H13N3O3S. The molecule has 2 aliphatic heterocycles. The summed E-state index contributed by atoms with van der Waals surface area (Å²) in [5, 5.41) is 0.106. The van der Waals surface area contributed by atoms with Gasteiger partial charge in [-0.25, -0.2) is 4.90 Å². The molecule has 112 valence electrons. The van der Waals surface area contributed by atoms with E-state index in [1.54, 1.807) is 6.07 Å². The minimum Gasteiger partial charge on any atom is -0.378 e. The summed E-state index contributed by atoms with van der Waals surface area (Å²) in [7, 11) is 0. The third-order valence-corrected chi connectivity index (χ3v) is 4.45. The molecular weight excluding hydrogens is 302 g/mol. The molecule has 3 rings (SSSR count). The van der Waals surface area contributed by atoms with Crippen LogP contribution in [0.4, 0.5) is 5.69 Å². The lowest BCUT2D eigenvalue weighted by atomic mass is 10.0. The zero-order chi connectivity index (χ0) is 16.0. The molecule has 0 saturated carbocycles. The number of benzene rings is 1. The monoisotopic (exact) mass is 315 g/mol. The SMILES string of the molecule is CCc1cccc2c1N(C(C)=O)C(=O)/C2=C1\SC(N)=NC1=O. The molecule has 7 heteroatoms. The van der Waals surface area contributed by atoms with Gasteiger partial charge in [-0.3, -0.25) is 14.4 Å². The average Bonchev–Trinajstić information content (AvgIpc) is 2.94. The largest absolute Gasteiger partial charge is 0.378 e. The molecule has 2 aliphatic rings. The van der Waals surface area contributed by atoms with E-state index in [0.29, 0.717) is 17.7 Å². The Morgan fingerprint density at radius 3 is 2.64 bits per heavy atom. The number of carbonyl (C=O) groups is 3. The van der Waals surface area contributed by atoms with Crippen molar-refractivity contribution in [1.82, 2.24) is 0 Å². The van der Waals surface area contributed by atoms with Crippen molar-refractivity contribution in [2.45, 2.75) is 20.3 Å². The Bertz CT molecular complexity index is 795. The van der Waals surface area contributed by atoms with Crippen molar-refractivity contribution in [2.24, 2.45) is 10.7 Å². The Kier molecular flexibility index (Phi) is 3.37. The zero-order valence-electron chi connectivity index (χ0n) is 12.0. The number of hydrogen-bond acceptors (Lipinski definition) is 5. The Labute approximate surface area is 131 Å². The lowest BCUT2D eigenvalue weighted by Gasteiger charge is -2.15. The number of rotatable bonds is 1. The van der Waals surface area contributed by atoms with Crippen molar-refractivity contribution >= 4 is 45.9 Å². The van der Waals surface area contributed by atoms with Gasteiger partial charge < -0.3 is 5.73 Å². The Balaban J connectivity index is 2.30. The molecule has 1 aromatic rings. The molecule has 0 saturated heterocycles.